The minimum absolute atomic E-state index is 0.0105. The topological polar surface area (TPSA) is 58.4 Å². The number of aryl methyl sites for hydroxylation is 1. The van der Waals surface area contributed by atoms with Gasteiger partial charge >= 0.3 is 0 Å². The molecule has 0 radical (unpaired) electrons. The molecule has 0 spiro atoms. The number of benzene rings is 1. The third-order valence-corrected chi connectivity index (χ3v) is 4.67. The highest BCUT2D eigenvalue weighted by Crippen LogP contribution is 2.16. The molecule has 6 heteroatoms. The number of rotatable bonds is 4. The Bertz CT molecular complexity index is 790. The van der Waals surface area contributed by atoms with Crippen LogP contribution in [0.25, 0.3) is 11.3 Å². The van der Waals surface area contributed by atoms with Gasteiger partial charge in [-0.25, -0.2) is 4.68 Å². The van der Waals surface area contributed by atoms with Gasteiger partial charge in [0.25, 0.3) is 5.56 Å². The van der Waals surface area contributed by atoms with Gasteiger partial charge in [-0.05, 0) is 25.1 Å². The molecule has 1 aromatic carbocycles. The first-order valence-corrected chi connectivity index (χ1v) is 8.70. The highest BCUT2D eigenvalue weighted by atomic mass is 16.2. The highest BCUT2D eigenvalue weighted by molar-refractivity contribution is 5.76. The van der Waals surface area contributed by atoms with Crippen LogP contribution in [0, 0.1) is 0 Å². The average molecular weight is 340 g/mol. The number of carbonyl (C=O) groups excluding carboxylic acids is 1. The van der Waals surface area contributed by atoms with E-state index >= 15 is 0 Å². The van der Waals surface area contributed by atoms with Crippen LogP contribution in [0.5, 0.6) is 0 Å². The van der Waals surface area contributed by atoms with Crippen molar-refractivity contribution in [2.24, 2.45) is 0 Å². The highest BCUT2D eigenvalue weighted by Gasteiger charge is 2.20. The molecule has 0 aliphatic carbocycles. The lowest BCUT2D eigenvalue weighted by Gasteiger charge is -2.32. The Morgan fingerprint density at radius 3 is 2.36 bits per heavy atom. The molecule has 1 saturated heterocycles. The van der Waals surface area contributed by atoms with Crippen molar-refractivity contribution in [2.75, 3.05) is 33.2 Å². The Hall–Kier alpha value is -2.47. The van der Waals surface area contributed by atoms with Gasteiger partial charge in [0.1, 0.15) is 6.54 Å². The molecule has 0 atom stereocenters. The Kier molecular flexibility index (Phi) is 5.28. The Balaban J connectivity index is 1.77. The second-order valence-corrected chi connectivity index (χ2v) is 6.45. The first kappa shape index (κ1) is 17.4. The third-order valence-electron chi connectivity index (χ3n) is 4.67. The van der Waals surface area contributed by atoms with Crippen LogP contribution in [-0.4, -0.2) is 58.7 Å². The fraction of sp³-hybridized carbons (Fsp3) is 0.421. The Morgan fingerprint density at radius 1 is 1.04 bits per heavy atom. The van der Waals surface area contributed by atoms with Gasteiger partial charge in [0.2, 0.25) is 5.91 Å². The number of hydrogen-bond acceptors (Lipinski definition) is 4. The van der Waals surface area contributed by atoms with Gasteiger partial charge < -0.3 is 9.80 Å². The van der Waals surface area contributed by atoms with Crippen LogP contribution < -0.4 is 5.56 Å². The summed E-state index contributed by atoms with van der Waals surface area (Å²) in [5.41, 5.74) is 2.64. The maximum absolute atomic E-state index is 12.5. The summed E-state index contributed by atoms with van der Waals surface area (Å²) in [6.45, 7) is 5.21. The molecule has 25 heavy (non-hydrogen) atoms. The van der Waals surface area contributed by atoms with E-state index in [1.807, 2.05) is 19.2 Å². The molecule has 6 nitrogen and oxygen atoms in total. The molecule has 1 aromatic heterocycles. The van der Waals surface area contributed by atoms with E-state index in [0.29, 0.717) is 18.8 Å². The zero-order valence-corrected chi connectivity index (χ0v) is 14.8. The van der Waals surface area contributed by atoms with E-state index in [4.69, 9.17) is 0 Å². The SMILES string of the molecule is CCc1ccc(-c2ccc(=O)n(CC(=O)N3CCN(C)CC3)n2)cc1. The zero-order chi connectivity index (χ0) is 17.8. The fourth-order valence-electron chi connectivity index (χ4n) is 2.91. The standard InChI is InChI=1S/C19H24N4O2/c1-3-15-4-6-16(7-5-15)17-8-9-18(24)23(20-17)14-19(25)22-12-10-21(2)11-13-22/h4-9H,3,10-14H2,1-2H3. The largest absolute Gasteiger partial charge is 0.339 e. The predicted octanol–water partition coefficient (Wildman–Crippen LogP) is 1.25. The smallest absolute Gasteiger partial charge is 0.267 e. The molecular weight excluding hydrogens is 316 g/mol. The van der Waals surface area contributed by atoms with Crippen LogP contribution in [-0.2, 0) is 17.8 Å². The Labute approximate surface area is 147 Å². The first-order valence-electron chi connectivity index (χ1n) is 8.70. The van der Waals surface area contributed by atoms with Gasteiger partial charge in [-0.1, -0.05) is 31.2 Å². The number of aromatic nitrogens is 2. The minimum atomic E-state index is -0.253. The molecule has 0 unspecified atom stereocenters. The van der Waals surface area contributed by atoms with Crippen LogP contribution in [0.2, 0.25) is 0 Å². The summed E-state index contributed by atoms with van der Waals surface area (Å²) >= 11 is 0. The van der Waals surface area contributed by atoms with Crippen molar-refractivity contribution in [3.8, 4) is 11.3 Å². The number of nitrogens with zero attached hydrogens (tertiary/aromatic N) is 4. The number of likely N-dealkylation sites (N-methyl/N-ethyl adjacent to an activating group) is 1. The second kappa shape index (κ2) is 7.61. The third kappa shape index (κ3) is 4.14. The maximum Gasteiger partial charge on any atom is 0.267 e. The minimum Gasteiger partial charge on any atom is -0.339 e. The average Bonchev–Trinajstić information content (AvgIpc) is 2.64. The number of piperazine rings is 1. The van der Waals surface area contributed by atoms with Crippen molar-refractivity contribution in [2.45, 2.75) is 19.9 Å². The molecule has 0 N–H and O–H groups in total. The maximum atomic E-state index is 12.5. The van der Waals surface area contributed by atoms with Crippen LogP contribution in [0.3, 0.4) is 0 Å². The van der Waals surface area contributed by atoms with Crippen molar-refractivity contribution < 1.29 is 4.79 Å². The molecule has 132 valence electrons. The summed E-state index contributed by atoms with van der Waals surface area (Å²) in [7, 11) is 2.04. The monoisotopic (exact) mass is 340 g/mol. The summed E-state index contributed by atoms with van der Waals surface area (Å²) in [6, 6.07) is 11.3. The van der Waals surface area contributed by atoms with Crippen LogP contribution in [0.1, 0.15) is 12.5 Å². The number of amides is 1. The van der Waals surface area contributed by atoms with Crippen molar-refractivity contribution in [3.63, 3.8) is 0 Å². The number of carbonyl (C=O) groups is 1. The van der Waals surface area contributed by atoms with Gasteiger partial charge in [0, 0.05) is 37.8 Å². The Morgan fingerprint density at radius 2 is 1.72 bits per heavy atom. The summed E-state index contributed by atoms with van der Waals surface area (Å²) in [6.07, 6.45) is 0.979. The van der Waals surface area contributed by atoms with E-state index in [0.717, 1.165) is 25.1 Å². The van der Waals surface area contributed by atoms with Crippen LogP contribution in [0.15, 0.2) is 41.2 Å². The zero-order valence-electron chi connectivity index (χ0n) is 14.8. The van der Waals surface area contributed by atoms with Gasteiger partial charge in [0.15, 0.2) is 0 Å². The summed E-state index contributed by atoms with van der Waals surface area (Å²) in [4.78, 5) is 28.6. The van der Waals surface area contributed by atoms with E-state index in [-0.39, 0.29) is 18.0 Å². The molecule has 1 aliphatic heterocycles. The van der Waals surface area contributed by atoms with Crippen LogP contribution in [0.4, 0.5) is 0 Å². The lowest BCUT2D eigenvalue weighted by atomic mass is 10.1. The molecule has 2 aromatic rings. The molecule has 1 aliphatic rings. The van der Waals surface area contributed by atoms with Gasteiger partial charge in [-0.15, -0.1) is 0 Å². The molecule has 1 amide bonds. The molecule has 0 saturated carbocycles. The quantitative estimate of drug-likeness (QED) is 0.840. The van der Waals surface area contributed by atoms with Crippen molar-refractivity contribution >= 4 is 5.91 Å². The van der Waals surface area contributed by atoms with E-state index < -0.39 is 0 Å². The summed E-state index contributed by atoms with van der Waals surface area (Å²) < 4.78 is 1.27. The van der Waals surface area contributed by atoms with Crippen molar-refractivity contribution in [1.29, 1.82) is 0 Å². The lowest BCUT2D eigenvalue weighted by Crippen LogP contribution is -2.48. The second-order valence-electron chi connectivity index (χ2n) is 6.45. The molecule has 3 rings (SSSR count). The number of hydrogen-bond donors (Lipinski definition) is 0. The molecular formula is C19H24N4O2. The molecule has 2 heterocycles. The van der Waals surface area contributed by atoms with E-state index in [1.54, 1.807) is 11.0 Å². The van der Waals surface area contributed by atoms with Gasteiger partial charge in [-0.2, -0.15) is 5.10 Å². The van der Waals surface area contributed by atoms with Gasteiger partial charge in [-0.3, -0.25) is 9.59 Å². The molecule has 0 bridgehead atoms. The van der Waals surface area contributed by atoms with Crippen molar-refractivity contribution in [1.82, 2.24) is 19.6 Å². The van der Waals surface area contributed by atoms with Crippen molar-refractivity contribution in [3.05, 3.63) is 52.3 Å². The van der Waals surface area contributed by atoms with Crippen LogP contribution >= 0.6 is 0 Å². The van der Waals surface area contributed by atoms with E-state index in [2.05, 4.69) is 29.1 Å². The van der Waals surface area contributed by atoms with E-state index in [9.17, 15) is 9.59 Å². The molecule has 1 fully saturated rings. The normalized spacial score (nSPS) is 15.4. The summed E-state index contributed by atoms with van der Waals surface area (Å²) in [5.74, 6) is -0.0545. The van der Waals surface area contributed by atoms with E-state index in [1.165, 1.54) is 16.3 Å². The predicted molar refractivity (Wildman–Crippen MR) is 97.4 cm³/mol. The first-order chi connectivity index (χ1) is 12.1. The lowest BCUT2D eigenvalue weighted by molar-refractivity contribution is -0.133. The fourth-order valence-corrected chi connectivity index (χ4v) is 2.91. The summed E-state index contributed by atoms with van der Waals surface area (Å²) in [5, 5.41) is 4.39. The van der Waals surface area contributed by atoms with Gasteiger partial charge in [0.05, 0.1) is 5.69 Å².